The Balaban J connectivity index is 1.97. The zero-order chi connectivity index (χ0) is 23.5. The van der Waals surface area contributed by atoms with Crippen LogP contribution in [0.1, 0.15) is 12.5 Å². The first-order valence-electron chi connectivity index (χ1n) is 9.59. The summed E-state index contributed by atoms with van der Waals surface area (Å²) in [5, 5.41) is 5.23. The first kappa shape index (κ1) is 24.3. The number of nitrogens with zero attached hydrogens (tertiary/aromatic N) is 2. The molecule has 0 atom stereocenters. The van der Waals surface area contributed by atoms with Crippen molar-refractivity contribution >= 4 is 47.3 Å². The number of carbonyl (C=O) groups is 1. The van der Waals surface area contributed by atoms with Gasteiger partial charge in [0.25, 0.3) is 5.91 Å². The molecule has 9 nitrogen and oxygen atoms in total. The SMILES string of the molecule is CCOCCn1c(=NC(=O)Cc2ccc(S(C)(=O)=O)cc2)sc2cc(S(N)(=O)=O)ccc21. The van der Waals surface area contributed by atoms with Crippen molar-refractivity contribution in [3.8, 4) is 0 Å². The monoisotopic (exact) mass is 497 g/mol. The number of nitrogens with two attached hydrogens (primary N) is 1. The average molecular weight is 498 g/mol. The third-order valence-corrected chi connectivity index (χ3v) is 7.65. The molecular weight excluding hydrogens is 474 g/mol. The second-order valence-electron chi connectivity index (χ2n) is 7.01. The number of ether oxygens (including phenoxy) is 1. The van der Waals surface area contributed by atoms with Crippen molar-refractivity contribution in [2.75, 3.05) is 19.5 Å². The molecule has 172 valence electrons. The van der Waals surface area contributed by atoms with Crippen LogP contribution in [0.15, 0.2) is 57.2 Å². The molecule has 0 saturated heterocycles. The highest BCUT2D eigenvalue weighted by Crippen LogP contribution is 2.21. The molecule has 32 heavy (non-hydrogen) atoms. The fourth-order valence-corrected chi connectivity index (χ4v) is 5.37. The predicted molar refractivity (Wildman–Crippen MR) is 122 cm³/mol. The number of thiazole rings is 1. The van der Waals surface area contributed by atoms with Crippen molar-refractivity contribution in [3.05, 3.63) is 52.8 Å². The Kier molecular flexibility index (Phi) is 7.30. The fourth-order valence-electron chi connectivity index (χ4n) is 3.01. The molecule has 0 aliphatic heterocycles. The van der Waals surface area contributed by atoms with Crippen molar-refractivity contribution in [2.24, 2.45) is 10.1 Å². The fraction of sp³-hybridized carbons (Fsp3) is 0.300. The Morgan fingerprint density at radius 2 is 1.75 bits per heavy atom. The number of sulfonamides is 1. The van der Waals surface area contributed by atoms with Gasteiger partial charge in [-0.2, -0.15) is 4.99 Å². The van der Waals surface area contributed by atoms with E-state index in [1.165, 1.54) is 35.6 Å². The lowest BCUT2D eigenvalue weighted by molar-refractivity contribution is -0.117. The van der Waals surface area contributed by atoms with Gasteiger partial charge in [-0.05, 0) is 42.8 Å². The Morgan fingerprint density at radius 1 is 1.09 bits per heavy atom. The van der Waals surface area contributed by atoms with Gasteiger partial charge >= 0.3 is 0 Å². The topological polar surface area (TPSA) is 138 Å². The highest BCUT2D eigenvalue weighted by molar-refractivity contribution is 7.90. The van der Waals surface area contributed by atoms with Crippen LogP contribution in [-0.4, -0.2) is 46.8 Å². The van der Waals surface area contributed by atoms with Crippen LogP contribution in [-0.2, 0) is 42.4 Å². The van der Waals surface area contributed by atoms with Gasteiger partial charge in [-0.3, -0.25) is 4.79 Å². The van der Waals surface area contributed by atoms with E-state index in [0.717, 1.165) is 6.26 Å². The second-order valence-corrected chi connectivity index (χ2v) is 11.6. The minimum absolute atomic E-state index is 0.00776. The maximum atomic E-state index is 12.6. The molecular formula is C20H23N3O6S3. The standard InChI is InChI=1S/C20H23N3O6S3/c1-3-29-11-10-23-17-9-8-16(32(21,27)28)13-18(17)30-20(23)22-19(24)12-14-4-6-15(7-5-14)31(2,25)26/h4-9,13H,3,10-12H2,1-2H3,(H2,21,27,28). The molecule has 0 bridgehead atoms. The van der Waals surface area contributed by atoms with Crippen LogP contribution in [0.4, 0.5) is 0 Å². The van der Waals surface area contributed by atoms with Crippen LogP contribution in [0.25, 0.3) is 10.2 Å². The number of sulfone groups is 1. The van der Waals surface area contributed by atoms with Crippen LogP contribution in [0.5, 0.6) is 0 Å². The van der Waals surface area contributed by atoms with Gasteiger partial charge in [0.1, 0.15) is 0 Å². The Bertz CT molecular complexity index is 1420. The smallest absolute Gasteiger partial charge is 0.252 e. The first-order chi connectivity index (χ1) is 15.0. The summed E-state index contributed by atoms with van der Waals surface area (Å²) in [5.74, 6) is -0.416. The van der Waals surface area contributed by atoms with Gasteiger partial charge in [-0.1, -0.05) is 23.5 Å². The van der Waals surface area contributed by atoms with Gasteiger partial charge in [-0.25, -0.2) is 22.0 Å². The number of rotatable bonds is 8. The lowest BCUT2D eigenvalue weighted by atomic mass is 10.1. The summed E-state index contributed by atoms with van der Waals surface area (Å²) in [4.78, 5) is 17.4. The highest BCUT2D eigenvalue weighted by Gasteiger charge is 2.14. The van der Waals surface area contributed by atoms with Crippen LogP contribution in [0.3, 0.4) is 0 Å². The number of carbonyl (C=O) groups excluding carboxylic acids is 1. The molecule has 0 spiro atoms. The Morgan fingerprint density at radius 3 is 2.34 bits per heavy atom. The van der Waals surface area contributed by atoms with E-state index in [1.54, 1.807) is 22.8 Å². The molecule has 2 N–H and O–H groups in total. The zero-order valence-electron chi connectivity index (χ0n) is 17.5. The number of benzene rings is 2. The van der Waals surface area contributed by atoms with E-state index in [4.69, 9.17) is 9.88 Å². The molecule has 2 aromatic carbocycles. The van der Waals surface area contributed by atoms with Crippen molar-refractivity contribution in [1.82, 2.24) is 4.57 Å². The number of amides is 1. The number of hydrogen-bond acceptors (Lipinski definition) is 7. The molecule has 1 heterocycles. The van der Waals surface area contributed by atoms with Crippen molar-refractivity contribution in [3.63, 3.8) is 0 Å². The third-order valence-electron chi connectivity index (χ3n) is 4.57. The predicted octanol–water partition coefficient (Wildman–Crippen LogP) is 1.46. The minimum atomic E-state index is -3.86. The van der Waals surface area contributed by atoms with Crippen LogP contribution in [0.2, 0.25) is 0 Å². The summed E-state index contributed by atoms with van der Waals surface area (Å²) in [5.41, 5.74) is 1.34. The summed E-state index contributed by atoms with van der Waals surface area (Å²) >= 11 is 1.18. The summed E-state index contributed by atoms with van der Waals surface area (Å²) in [6, 6.07) is 10.6. The summed E-state index contributed by atoms with van der Waals surface area (Å²) in [7, 11) is -7.18. The maximum Gasteiger partial charge on any atom is 0.252 e. The molecule has 3 rings (SSSR count). The molecule has 0 unspecified atom stereocenters. The van der Waals surface area contributed by atoms with E-state index in [9.17, 15) is 21.6 Å². The van der Waals surface area contributed by atoms with Crippen molar-refractivity contribution in [2.45, 2.75) is 29.7 Å². The molecule has 0 aliphatic rings. The van der Waals surface area contributed by atoms with Gasteiger partial charge in [0, 0.05) is 19.4 Å². The van der Waals surface area contributed by atoms with E-state index in [-0.39, 0.29) is 16.2 Å². The van der Waals surface area contributed by atoms with Crippen LogP contribution >= 0.6 is 11.3 Å². The highest BCUT2D eigenvalue weighted by atomic mass is 32.2. The number of primary sulfonamides is 1. The zero-order valence-corrected chi connectivity index (χ0v) is 20.0. The molecule has 0 saturated carbocycles. The quantitative estimate of drug-likeness (QED) is 0.468. The van der Waals surface area contributed by atoms with E-state index < -0.39 is 25.8 Å². The minimum Gasteiger partial charge on any atom is -0.380 e. The summed E-state index contributed by atoms with van der Waals surface area (Å²) < 4.78 is 54.4. The molecule has 0 radical (unpaired) electrons. The molecule has 1 aromatic heterocycles. The molecule has 0 aliphatic carbocycles. The van der Waals surface area contributed by atoms with Gasteiger partial charge in [0.15, 0.2) is 14.6 Å². The number of aromatic nitrogens is 1. The lowest BCUT2D eigenvalue weighted by Crippen LogP contribution is -2.20. The Labute approximate surface area is 190 Å². The van der Waals surface area contributed by atoms with Crippen LogP contribution in [0, 0.1) is 0 Å². The van der Waals surface area contributed by atoms with Crippen LogP contribution < -0.4 is 9.94 Å². The summed E-state index contributed by atoms with van der Waals surface area (Å²) in [6.45, 7) is 3.23. The Hall–Kier alpha value is -2.38. The number of hydrogen-bond donors (Lipinski definition) is 1. The van der Waals surface area contributed by atoms with E-state index >= 15 is 0 Å². The van der Waals surface area contributed by atoms with Gasteiger partial charge in [0.05, 0.1) is 33.0 Å². The van der Waals surface area contributed by atoms with E-state index in [2.05, 4.69) is 4.99 Å². The van der Waals surface area contributed by atoms with Gasteiger partial charge in [-0.15, -0.1) is 0 Å². The van der Waals surface area contributed by atoms with E-state index in [0.29, 0.717) is 40.3 Å². The molecule has 0 fully saturated rings. The van der Waals surface area contributed by atoms with Crippen molar-refractivity contribution < 1.29 is 26.4 Å². The normalized spacial score (nSPS) is 13.0. The summed E-state index contributed by atoms with van der Waals surface area (Å²) in [6.07, 6.45) is 1.11. The third kappa shape index (κ3) is 5.90. The lowest BCUT2D eigenvalue weighted by Gasteiger charge is -2.06. The molecule has 12 heteroatoms. The molecule has 3 aromatic rings. The van der Waals surface area contributed by atoms with Gasteiger partial charge < -0.3 is 9.30 Å². The van der Waals surface area contributed by atoms with Gasteiger partial charge in [0.2, 0.25) is 10.0 Å². The van der Waals surface area contributed by atoms with Crippen molar-refractivity contribution in [1.29, 1.82) is 0 Å². The largest absolute Gasteiger partial charge is 0.380 e. The number of fused-ring (bicyclic) bond motifs is 1. The first-order valence-corrected chi connectivity index (χ1v) is 13.8. The molecule has 1 amide bonds. The second kappa shape index (κ2) is 9.63. The maximum absolute atomic E-state index is 12.6. The van der Waals surface area contributed by atoms with E-state index in [1.807, 2.05) is 6.92 Å². The average Bonchev–Trinajstić information content (AvgIpc) is 3.03.